The van der Waals surface area contributed by atoms with E-state index < -0.39 is 0 Å². The molecule has 0 unspecified atom stereocenters. The molecule has 0 aliphatic carbocycles. The van der Waals surface area contributed by atoms with Gasteiger partial charge in [0.1, 0.15) is 11.5 Å². The van der Waals surface area contributed by atoms with Crippen LogP contribution in [0.5, 0.6) is 11.5 Å². The Morgan fingerprint density at radius 3 is 1.30 bits per heavy atom. The van der Waals surface area contributed by atoms with Crippen LogP contribution >= 0.6 is 0 Å². The van der Waals surface area contributed by atoms with Crippen molar-refractivity contribution >= 4 is 11.4 Å². The summed E-state index contributed by atoms with van der Waals surface area (Å²) in [5, 5.41) is 0. The standard InChI is InChI=1S/C19H22N2O2/c1-20-13-21(2)19(15-7-11-17(23-4)12-8-15)18(20)14-5-9-16(22-3)10-6-14/h5-12H,13H2,1-4H3. The van der Waals surface area contributed by atoms with Gasteiger partial charge in [0.15, 0.2) is 0 Å². The number of hydrogen-bond acceptors (Lipinski definition) is 4. The van der Waals surface area contributed by atoms with Crippen LogP contribution in [0, 0.1) is 0 Å². The first-order chi connectivity index (χ1) is 11.1. The number of hydrogen-bond donors (Lipinski definition) is 0. The van der Waals surface area contributed by atoms with Crippen LogP contribution in [0.15, 0.2) is 48.5 Å². The second kappa shape index (κ2) is 6.24. The maximum absolute atomic E-state index is 5.26. The highest BCUT2D eigenvalue weighted by molar-refractivity contribution is 5.90. The lowest BCUT2D eigenvalue weighted by Crippen LogP contribution is -2.20. The van der Waals surface area contributed by atoms with Gasteiger partial charge in [-0.15, -0.1) is 0 Å². The van der Waals surface area contributed by atoms with Gasteiger partial charge in [0, 0.05) is 25.2 Å². The fourth-order valence-corrected chi connectivity index (χ4v) is 3.03. The van der Waals surface area contributed by atoms with E-state index in [4.69, 9.17) is 9.47 Å². The third-order valence-corrected chi connectivity index (χ3v) is 4.14. The van der Waals surface area contributed by atoms with E-state index in [0.717, 1.165) is 18.2 Å². The first kappa shape index (κ1) is 15.3. The lowest BCUT2D eigenvalue weighted by atomic mass is 10.0. The van der Waals surface area contributed by atoms with Gasteiger partial charge >= 0.3 is 0 Å². The van der Waals surface area contributed by atoms with Gasteiger partial charge in [0.2, 0.25) is 0 Å². The zero-order valence-electron chi connectivity index (χ0n) is 14.0. The van der Waals surface area contributed by atoms with Crippen molar-refractivity contribution in [1.29, 1.82) is 0 Å². The average Bonchev–Trinajstić information content (AvgIpc) is 2.89. The molecule has 0 N–H and O–H groups in total. The molecule has 0 atom stereocenters. The zero-order valence-corrected chi connectivity index (χ0v) is 14.0. The van der Waals surface area contributed by atoms with Gasteiger partial charge in [-0.25, -0.2) is 0 Å². The molecule has 1 aliphatic rings. The van der Waals surface area contributed by atoms with E-state index in [-0.39, 0.29) is 0 Å². The SMILES string of the molecule is COc1ccc(C2=C(c3ccc(OC)cc3)N(C)CN2C)cc1. The van der Waals surface area contributed by atoms with Crippen LogP contribution in [0.4, 0.5) is 0 Å². The third-order valence-electron chi connectivity index (χ3n) is 4.14. The summed E-state index contributed by atoms with van der Waals surface area (Å²) >= 11 is 0. The Kier molecular flexibility index (Phi) is 4.15. The Balaban J connectivity index is 2.08. The highest BCUT2D eigenvalue weighted by atomic mass is 16.5. The normalized spacial score (nSPS) is 14.4. The molecule has 2 aromatic rings. The van der Waals surface area contributed by atoms with E-state index in [1.165, 1.54) is 22.5 Å². The van der Waals surface area contributed by atoms with Gasteiger partial charge in [0.25, 0.3) is 0 Å². The van der Waals surface area contributed by atoms with Crippen molar-refractivity contribution in [1.82, 2.24) is 9.80 Å². The van der Waals surface area contributed by atoms with Gasteiger partial charge < -0.3 is 19.3 Å². The molecule has 3 rings (SSSR count). The van der Waals surface area contributed by atoms with Gasteiger partial charge in [0.05, 0.1) is 32.3 Å². The van der Waals surface area contributed by atoms with Gasteiger partial charge in [-0.1, -0.05) is 0 Å². The Hall–Kier alpha value is -2.62. The molecule has 4 heteroatoms. The molecular weight excluding hydrogens is 288 g/mol. The van der Waals surface area contributed by atoms with Crippen molar-refractivity contribution in [2.75, 3.05) is 35.0 Å². The number of methoxy groups -OCH3 is 2. The lowest BCUT2D eigenvalue weighted by molar-refractivity contribution is 0.355. The number of benzene rings is 2. The van der Waals surface area contributed by atoms with Crippen molar-refractivity contribution < 1.29 is 9.47 Å². The summed E-state index contributed by atoms with van der Waals surface area (Å²) in [5.74, 6) is 1.74. The van der Waals surface area contributed by atoms with Crippen molar-refractivity contribution in [3.05, 3.63) is 59.7 Å². The Morgan fingerprint density at radius 2 is 1.00 bits per heavy atom. The predicted molar refractivity (Wildman–Crippen MR) is 93.2 cm³/mol. The highest BCUT2D eigenvalue weighted by Crippen LogP contribution is 2.36. The van der Waals surface area contributed by atoms with E-state index in [0.29, 0.717) is 0 Å². The topological polar surface area (TPSA) is 24.9 Å². The fourth-order valence-electron chi connectivity index (χ4n) is 3.03. The van der Waals surface area contributed by atoms with Crippen molar-refractivity contribution in [3.63, 3.8) is 0 Å². The van der Waals surface area contributed by atoms with E-state index in [2.05, 4.69) is 48.2 Å². The maximum Gasteiger partial charge on any atom is 0.118 e. The molecule has 120 valence electrons. The summed E-state index contributed by atoms with van der Waals surface area (Å²) < 4.78 is 10.5. The van der Waals surface area contributed by atoms with Crippen LogP contribution in [0.3, 0.4) is 0 Å². The minimum absolute atomic E-state index is 0.864. The first-order valence-corrected chi connectivity index (χ1v) is 7.59. The largest absolute Gasteiger partial charge is 0.497 e. The molecule has 0 saturated carbocycles. The van der Waals surface area contributed by atoms with Gasteiger partial charge in [-0.2, -0.15) is 0 Å². The second-order valence-electron chi connectivity index (χ2n) is 5.69. The molecule has 23 heavy (non-hydrogen) atoms. The maximum atomic E-state index is 5.26. The van der Waals surface area contributed by atoms with Crippen molar-refractivity contribution in [3.8, 4) is 11.5 Å². The molecule has 4 nitrogen and oxygen atoms in total. The minimum atomic E-state index is 0.864. The molecule has 0 radical (unpaired) electrons. The summed E-state index contributed by atoms with van der Waals surface area (Å²) in [6.45, 7) is 0.864. The molecule has 2 aromatic carbocycles. The second-order valence-corrected chi connectivity index (χ2v) is 5.69. The summed E-state index contributed by atoms with van der Waals surface area (Å²) in [7, 11) is 7.61. The lowest BCUT2D eigenvalue weighted by Gasteiger charge is -2.16. The molecule has 0 spiro atoms. The number of nitrogens with zero attached hydrogens (tertiary/aromatic N) is 2. The summed E-state index contributed by atoms with van der Waals surface area (Å²) in [5.41, 5.74) is 4.81. The quantitative estimate of drug-likeness (QED) is 0.864. The third kappa shape index (κ3) is 2.84. The minimum Gasteiger partial charge on any atom is -0.497 e. The van der Waals surface area contributed by atoms with Crippen LogP contribution in [0.1, 0.15) is 11.1 Å². The smallest absolute Gasteiger partial charge is 0.118 e. The fraction of sp³-hybridized carbons (Fsp3) is 0.263. The van der Waals surface area contributed by atoms with Crippen LogP contribution in [-0.4, -0.2) is 44.8 Å². The molecule has 1 aliphatic heterocycles. The number of ether oxygens (including phenoxy) is 2. The van der Waals surface area contributed by atoms with Crippen LogP contribution in [0.2, 0.25) is 0 Å². The zero-order chi connectivity index (χ0) is 16.4. The monoisotopic (exact) mass is 310 g/mol. The first-order valence-electron chi connectivity index (χ1n) is 7.59. The van der Waals surface area contributed by atoms with Crippen molar-refractivity contribution in [2.45, 2.75) is 0 Å². The van der Waals surface area contributed by atoms with E-state index >= 15 is 0 Å². The summed E-state index contributed by atoms with van der Waals surface area (Å²) in [4.78, 5) is 4.53. The van der Waals surface area contributed by atoms with E-state index in [9.17, 15) is 0 Å². The van der Waals surface area contributed by atoms with Crippen molar-refractivity contribution in [2.24, 2.45) is 0 Å². The molecular formula is C19H22N2O2. The molecule has 0 fully saturated rings. The van der Waals surface area contributed by atoms with E-state index in [1.807, 2.05) is 24.3 Å². The van der Waals surface area contributed by atoms with Crippen LogP contribution in [0.25, 0.3) is 11.4 Å². The molecule has 1 heterocycles. The summed E-state index contributed by atoms with van der Waals surface area (Å²) in [6.07, 6.45) is 0. The van der Waals surface area contributed by atoms with Gasteiger partial charge in [-0.05, 0) is 48.5 Å². The molecule has 0 aromatic heterocycles. The van der Waals surface area contributed by atoms with Gasteiger partial charge in [-0.3, -0.25) is 0 Å². The Labute approximate surface area is 137 Å². The predicted octanol–water partition coefficient (Wildman–Crippen LogP) is 3.36. The molecule has 0 saturated heterocycles. The van der Waals surface area contributed by atoms with Crippen LogP contribution in [-0.2, 0) is 0 Å². The Bertz CT molecular complexity index is 644. The number of rotatable bonds is 4. The summed E-state index contributed by atoms with van der Waals surface area (Å²) in [6, 6.07) is 16.4. The van der Waals surface area contributed by atoms with Crippen LogP contribution < -0.4 is 9.47 Å². The highest BCUT2D eigenvalue weighted by Gasteiger charge is 2.26. The average molecular weight is 310 g/mol. The molecule has 0 bridgehead atoms. The van der Waals surface area contributed by atoms with E-state index in [1.54, 1.807) is 14.2 Å². The molecule has 0 amide bonds. The Morgan fingerprint density at radius 1 is 0.652 bits per heavy atom.